The minimum atomic E-state index is 0.301. The molecule has 0 heterocycles. The molecule has 80 valence electrons. The van der Waals surface area contributed by atoms with Crippen molar-refractivity contribution in [1.29, 1.82) is 0 Å². The molecule has 0 saturated heterocycles. The van der Waals surface area contributed by atoms with E-state index in [0.717, 1.165) is 6.42 Å². The van der Waals surface area contributed by atoms with Crippen LogP contribution in [0.2, 0.25) is 0 Å². The second kappa shape index (κ2) is 6.02. The average molecular weight is 202 g/mol. The maximum atomic E-state index is 4.23. The topological polar surface area (TPSA) is 15.6 Å². The van der Waals surface area contributed by atoms with E-state index in [9.17, 15) is 0 Å². The summed E-state index contributed by atoms with van der Waals surface area (Å²) in [7, 11) is 3.83. The van der Waals surface area contributed by atoms with E-state index >= 15 is 0 Å². The van der Waals surface area contributed by atoms with Gasteiger partial charge in [0.1, 0.15) is 0 Å². The first-order valence-corrected chi connectivity index (χ1v) is 5.10. The van der Waals surface area contributed by atoms with Crippen LogP contribution in [0.25, 0.3) is 0 Å². The maximum absolute atomic E-state index is 4.23. The molecule has 15 heavy (non-hydrogen) atoms. The molecule has 0 aliphatic carbocycles. The Kier molecular flexibility index (Phi) is 4.61. The third-order valence-electron chi connectivity index (χ3n) is 2.11. The quantitative estimate of drug-likeness (QED) is 0.407. The minimum absolute atomic E-state index is 0.301. The standard InChI is InChI=1S/C13H18N2/c1-4-12(11-14-15(2)3)10-13-8-6-5-7-9-13/h4-9,11-12H,1,10H2,2-3H3/b14-11+. The van der Waals surface area contributed by atoms with Gasteiger partial charge in [0.15, 0.2) is 0 Å². The van der Waals surface area contributed by atoms with E-state index in [1.54, 1.807) is 5.01 Å². The second-order valence-corrected chi connectivity index (χ2v) is 3.70. The first-order valence-electron chi connectivity index (χ1n) is 5.10. The van der Waals surface area contributed by atoms with Crippen LogP contribution in [0.3, 0.4) is 0 Å². The Bertz CT molecular complexity index is 315. The zero-order valence-electron chi connectivity index (χ0n) is 9.43. The van der Waals surface area contributed by atoms with Crippen LogP contribution in [0.5, 0.6) is 0 Å². The Morgan fingerprint density at radius 2 is 2.00 bits per heavy atom. The van der Waals surface area contributed by atoms with Gasteiger partial charge in [0.2, 0.25) is 0 Å². The maximum Gasteiger partial charge on any atom is 0.0316 e. The van der Waals surface area contributed by atoms with Gasteiger partial charge in [0.25, 0.3) is 0 Å². The van der Waals surface area contributed by atoms with Crippen LogP contribution < -0.4 is 0 Å². The monoisotopic (exact) mass is 202 g/mol. The lowest BCUT2D eigenvalue weighted by atomic mass is 10.0. The number of hydrazone groups is 1. The molecule has 0 saturated carbocycles. The minimum Gasteiger partial charge on any atom is -0.303 e. The van der Waals surface area contributed by atoms with Crippen molar-refractivity contribution in [2.45, 2.75) is 6.42 Å². The van der Waals surface area contributed by atoms with E-state index in [4.69, 9.17) is 0 Å². The summed E-state index contributed by atoms with van der Waals surface area (Å²) in [5.74, 6) is 0.301. The normalized spacial score (nSPS) is 12.7. The fourth-order valence-electron chi connectivity index (χ4n) is 1.30. The molecule has 0 N–H and O–H groups in total. The van der Waals surface area contributed by atoms with Gasteiger partial charge in [-0.15, -0.1) is 6.58 Å². The van der Waals surface area contributed by atoms with E-state index in [-0.39, 0.29) is 0 Å². The lowest BCUT2D eigenvalue weighted by Gasteiger charge is -2.09. The van der Waals surface area contributed by atoms with E-state index < -0.39 is 0 Å². The molecule has 2 nitrogen and oxygen atoms in total. The van der Waals surface area contributed by atoms with Crippen LogP contribution in [-0.2, 0) is 6.42 Å². The molecule has 0 fully saturated rings. The summed E-state index contributed by atoms with van der Waals surface area (Å²) in [6.45, 7) is 3.83. The molecule has 0 bridgehead atoms. The van der Waals surface area contributed by atoms with Gasteiger partial charge < -0.3 is 5.01 Å². The van der Waals surface area contributed by atoms with Crippen molar-refractivity contribution in [2.75, 3.05) is 14.1 Å². The van der Waals surface area contributed by atoms with Gasteiger partial charge in [-0.25, -0.2) is 0 Å². The zero-order valence-corrected chi connectivity index (χ0v) is 9.43. The molecule has 0 aromatic heterocycles. The third-order valence-corrected chi connectivity index (χ3v) is 2.11. The van der Waals surface area contributed by atoms with Crippen molar-refractivity contribution >= 4 is 6.21 Å². The number of hydrogen-bond acceptors (Lipinski definition) is 2. The lowest BCUT2D eigenvalue weighted by Crippen LogP contribution is -2.08. The highest BCUT2D eigenvalue weighted by Crippen LogP contribution is 2.07. The molecule has 1 atom stereocenters. The number of rotatable bonds is 5. The van der Waals surface area contributed by atoms with Crippen LogP contribution in [0.15, 0.2) is 48.1 Å². The van der Waals surface area contributed by atoms with E-state index in [1.807, 2.05) is 32.5 Å². The van der Waals surface area contributed by atoms with Gasteiger partial charge in [0.05, 0.1) is 0 Å². The van der Waals surface area contributed by atoms with Gasteiger partial charge >= 0.3 is 0 Å². The second-order valence-electron chi connectivity index (χ2n) is 3.70. The highest BCUT2D eigenvalue weighted by Gasteiger charge is 2.01. The summed E-state index contributed by atoms with van der Waals surface area (Å²) >= 11 is 0. The Labute approximate surface area is 91.9 Å². The zero-order chi connectivity index (χ0) is 11.1. The number of allylic oxidation sites excluding steroid dienone is 1. The molecule has 0 aliphatic heterocycles. The summed E-state index contributed by atoms with van der Waals surface area (Å²) in [6.07, 6.45) is 4.82. The van der Waals surface area contributed by atoms with Crippen molar-refractivity contribution in [2.24, 2.45) is 11.0 Å². The SMILES string of the molecule is C=CC(/C=N/N(C)C)Cc1ccccc1. The fraction of sp³-hybridized carbons (Fsp3) is 0.308. The number of nitrogens with zero attached hydrogens (tertiary/aromatic N) is 2. The van der Waals surface area contributed by atoms with Gasteiger partial charge in [-0.2, -0.15) is 5.10 Å². The van der Waals surface area contributed by atoms with Crippen molar-refractivity contribution in [3.63, 3.8) is 0 Å². The van der Waals surface area contributed by atoms with Gasteiger partial charge in [-0.3, -0.25) is 0 Å². The van der Waals surface area contributed by atoms with E-state index in [1.165, 1.54) is 5.56 Å². The van der Waals surface area contributed by atoms with Gasteiger partial charge in [-0.05, 0) is 12.0 Å². The van der Waals surface area contributed by atoms with Crippen molar-refractivity contribution < 1.29 is 0 Å². The summed E-state index contributed by atoms with van der Waals surface area (Å²) in [4.78, 5) is 0. The first-order chi connectivity index (χ1) is 7.22. The predicted molar refractivity (Wildman–Crippen MR) is 66.0 cm³/mol. The average Bonchev–Trinajstić information content (AvgIpc) is 2.25. The number of benzene rings is 1. The Morgan fingerprint density at radius 3 is 2.53 bits per heavy atom. The largest absolute Gasteiger partial charge is 0.303 e. The molecule has 2 heteroatoms. The Morgan fingerprint density at radius 1 is 1.33 bits per heavy atom. The lowest BCUT2D eigenvalue weighted by molar-refractivity contribution is 0.437. The molecule has 0 radical (unpaired) electrons. The van der Waals surface area contributed by atoms with Crippen molar-refractivity contribution in [3.05, 3.63) is 48.6 Å². The van der Waals surface area contributed by atoms with Crippen LogP contribution in [0, 0.1) is 5.92 Å². The number of hydrogen-bond donors (Lipinski definition) is 0. The summed E-state index contributed by atoms with van der Waals surface area (Å²) in [5, 5.41) is 6.02. The molecule has 1 aromatic rings. The van der Waals surface area contributed by atoms with Gasteiger partial charge in [-0.1, -0.05) is 36.4 Å². The highest BCUT2D eigenvalue weighted by atomic mass is 15.4. The van der Waals surface area contributed by atoms with Crippen molar-refractivity contribution in [1.82, 2.24) is 5.01 Å². The molecule has 1 aromatic carbocycles. The highest BCUT2D eigenvalue weighted by molar-refractivity contribution is 5.63. The molecule has 1 unspecified atom stereocenters. The molecule has 0 spiro atoms. The molecular formula is C13H18N2. The van der Waals surface area contributed by atoms with Crippen molar-refractivity contribution in [3.8, 4) is 0 Å². The van der Waals surface area contributed by atoms with Crippen LogP contribution in [-0.4, -0.2) is 25.3 Å². The Balaban J connectivity index is 2.58. The molecule has 0 amide bonds. The Hall–Kier alpha value is -1.57. The summed E-state index contributed by atoms with van der Waals surface area (Å²) in [6, 6.07) is 10.4. The third kappa shape index (κ3) is 4.45. The fourth-order valence-corrected chi connectivity index (χ4v) is 1.30. The van der Waals surface area contributed by atoms with Crippen LogP contribution >= 0.6 is 0 Å². The molecule has 1 rings (SSSR count). The van der Waals surface area contributed by atoms with E-state index in [2.05, 4.69) is 35.9 Å². The van der Waals surface area contributed by atoms with Crippen LogP contribution in [0.1, 0.15) is 5.56 Å². The van der Waals surface area contributed by atoms with Crippen LogP contribution in [0.4, 0.5) is 0 Å². The summed E-state index contributed by atoms with van der Waals surface area (Å²) in [5.41, 5.74) is 1.31. The smallest absolute Gasteiger partial charge is 0.0316 e. The van der Waals surface area contributed by atoms with Gasteiger partial charge in [0, 0.05) is 26.2 Å². The molecule has 0 aliphatic rings. The first kappa shape index (κ1) is 11.5. The summed E-state index contributed by atoms with van der Waals surface area (Å²) < 4.78 is 0. The molecular weight excluding hydrogens is 184 g/mol. The predicted octanol–water partition coefficient (Wildman–Crippen LogP) is 2.58. The van der Waals surface area contributed by atoms with E-state index in [0.29, 0.717) is 5.92 Å².